The molecule has 2 aliphatic rings. The smallest absolute Gasteiger partial charge is 0.246 e. The minimum atomic E-state index is -0.621. The van der Waals surface area contributed by atoms with Gasteiger partial charge in [0, 0.05) is 99.3 Å². The number of hydrogen-bond acceptors (Lipinski definition) is 14. The monoisotopic (exact) mass is 1040 g/mol. The van der Waals surface area contributed by atoms with Crippen LogP contribution in [0.15, 0.2) is 73.6 Å². The molecule has 2 saturated heterocycles. The highest BCUT2D eigenvalue weighted by Gasteiger charge is 2.40. The third-order valence-electron chi connectivity index (χ3n) is 12.5. The van der Waals surface area contributed by atoms with Crippen molar-refractivity contribution in [2.45, 2.75) is 43.4 Å². The SMILES string of the molecule is C=CC(=O)N1C[C@@H](Nc2ncc3cc(-c4c(Cl)c(OC)cc(OCCCN(C)C(=O)[C@@H]5C[C@H](Nc6ncc7cc(-c8c(Cl)c(OC)cc(OC)c8Cl)ccc7n6)CN5)c4Cl)ccc3n2)C[C@H]1C(=O)N(C)C. The second-order valence-electron chi connectivity index (χ2n) is 17.3. The standard InChI is InChI=1S/C50H52Cl4N10O7/c1-8-40(65)64-25-31(19-35(64)48(67)62(2)3)59-50-57-23-29-17-27(11-13-33(29)61-50)42-45(53)38(70-7)21-39(46(42)54)71-15-9-14-63(4)47(66)34-18-30(24-55-34)58-49-56-22-28-16-26(10-12-32(28)60-49)41-43(51)36(68-5)20-37(69-6)44(41)52/h8,10-13,16-17,20-23,30-31,34-35,55H,1,9,14-15,18-19,24-25H2,2-7H3,(H,56,58,60)(H,57,59,61)/t30-,31-,34-,35-/m0/s1. The second kappa shape index (κ2) is 22.0. The van der Waals surface area contributed by atoms with Gasteiger partial charge in [-0.05, 0) is 60.7 Å². The molecule has 0 unspecified atom stereocenters. The van der Waals surface area contributed by atoms with Crippen LogP contribution in [0.3, 0.4) is 0 Å². The van der Waals surface area contributed by atoms with Crippen molar-refractivity contribution >= 4 is 97.8 Å². The summed E-state index contributed by atoms with van der Waals surface area (Å²) in [4.78, 5) is 62.2. The first kappa shape index (κ1) is 51.0. The summed E-state index contributed by atoms with van der Waals surface area (Å²) in [6.45, 7) is 5.12. The van der Waals surface area contributed by atoms with Gasteiger partial charge in [-0.1, -0.05) is 65.1 Å². The number of rotatable bonds is 17. The summed E-state index contributed by atoms with van der Waals surface area (Å²) >= 11 is 27.2. The molecule has 3 N–H and O–H groups in total. The largest absolute Gasteiger partial charge is 0.495 e. The molecule has 0 radical (unpaired) electrons. The van der Waals surface area contributed by atoms with Crippen molar-refractivity contribution in [2.24, 2.45) is 0 Å². The van der Waals surface area contributed by atoms with Crippen molar-refractivity contribution in [2.75, 3.05) is 79.3 Å². The van der Waals surface area contributed by atoms with Crippen LogP contribution in [0.4, 0.5) is 11.9 Å². The van der Waals surface area contributed by atoms with Crippen LogP contribution >= 0.6 is 46.4 Å². The van der Waals surface area contributed by atoms with Gasteiger partial charge in [-0.25, -0.2) is 19.9 Å². The molecular formula is C50H52Cl4N10O7. The number of likely N-dealkylation sites (tertiary alicyclic amines) is 1. The first-order chi connectivity index (χ1) is 34.1. The maximum Gasteiger partial charge on any atom is 0.246 e. The lowest BCUT2D eigenvalue weighted by Gasteiger charge is -2.24. The number of methoxy groups -OCH3 is 3. The van der Waals surface area contributed by atoms with Gasteiger partial charge in [0.1, 0.15) is 29.0 Å². The van der Waals surface area contributed by atoms with Gasteiger partial charge in [0.15, 0.2) is 0 Å². The molecule has 21 heteroatoms. The molecule has 2 aliphatic heterocycles. The number of nitrogens with one attached hydrogen (secondary N) is 3. The van der Waals surface area contributed by atoms with Crippen LogP contribution in [-0.2, 0) is 14.4 Å². The molecule has 2 aromatic heterocycles. The Labute approximate surface area is 430 Å². The average molecular weight is 1050 g/mol. The fourth-order valence-electron chi connectivity index (χ4n) is 8.84. The van der Waals surface area contributed by atoms with E-state index in [-0.39, 0.29) is 36.4 Å². The molecule has 4 aromatic carbocycles. The lowest BCUT2D eigenvalue weighted by atomic mass is 10.0. The summed E-state index contributed by atoms with van der Waals surface area (Å²) in [7, 11) is 9.66. The van der Waals surface area contributed by atoms with Gasteiger partial charge in [-0.2, -0.15) is 0 Å². The van der Waals surface area contributed by atoms with E-state index < -0.39 is 12.1 Å². The number of likely N-dealkylation sites (N-methyl/N-ethyl adjacent to an activating group) is 2. The van der Waals surface area contributed by atoms with E-state index in [2.05, 4.69) is 32.5 Å². The van der Waals surface area contributed by atoms with Crippen molar-refractivity contribution in [3.63, 3.8) is 0 Å². The Morgan fingerprint density at radius 1 is 0.746 bits per heavy atom. The fraction of sp³-hybridized carbons (Fsp3) is 0.340. The van der Waals surface area contributed by atoms with E-state index in [1.165, 1.54) is 37.2 Å². The van der Waals surface area contributed by atoms with Gasteiger partial charge in [-0.3, -0.25) is 14.4 Å². The minimum absolute atomic E-state index is 0.0419. The molecule has 3 amide bonds. The number of nitrogens with zero attached hydrogens (tertiary/aromatic N) is 7. The zero-order chi connectivity index (χ0) is 50.7. The summed E-state index contributed by atoms with van der Waals surface area (Å²) in [6.07, 6.45) is 6.07. The maximum atomic E-state index is 13.6. The Bertz CT molecular complexity index is 3010. The van der Waals surface area contributed by atoms with E-state index in [1.54, 1.807) is 50.6 Å². The molecule has 0 saturated carbocycles. The lowest BCUT2D eigenvalue weighted by Crippen LogP contribution is -2.44. The Morgan fingerprint density at radius 2 is 1.27 bits per heavy atom. The normalized spacial score (nSPS) is 17.5. The highest BCUT2D eigenvalue weighted by Crippen LogP contribution is 2.48. The lowest BCUT2D eigenvalue weighted by molar-refractivity contribution is -0.139. The minimum Gasteiger partial charge on any atom is -0.495 e. The summed E-state index contributed by atoms with van der Waals surface area (Å²) in [5.74, 6) is 1.89. The number of carbonyl (C=O) groups excluding carboxylic acids is 3. The molecule has 17 nitrogen and oxygen atoms in total. The van der Waals surface area contributed by atoms with Gasteiger partial charge in [0.25, 0.3) is 0 Å². The molecular weight excluding hydrogens is 994 g/mol. The van der Waals surface area contributed by atoms with Crippen LogP contribution in [0.5, 0.6) is 23.0 Å². The molecule has 0 spiro atoms. The van der Waals surface area contributed by atoms with Crippen LogP contribution in [0.2, 0.25) is 20.1 Å². The van der Waals surface area contributed by atoms with Crippen molar-refractivity contribution < 1.29 is 33.3 Å². The Kier molecular flexibility index (Phi) is 15.8. The van der Waals surface area contributed by atoms with Gasteiger partial charge in [0.05, 0.1) is 65.1 Å². The van der Waals surface area contributed by atoms with Crippen molar-refractivity contribution in [1.82, 2.24) is 40.0 Å². The van der Waals surface area contributed by atoms with Crippen LogP contribution in [0, 0.1) is 0 Å². The highest BCUT2D eigenvalue weighted by atomic mass is 35.5. The molecule has 6 aromatic rings. The van der Waals surface area contributed by atoms with Crippen LogP contribution in [-0.4, -0.2) is 145 Å². The first-order valence-corrected chi connectivity index (χ1v) is 24.1. The molecule has 0 aliphatic carbocycles. The molecule has 372 valence electrons. The van der Waals surface area contributed by atoms with Crippen LogP contribution < -0.4 is 34.9 Å². The summed E-state index contributed by atoms with van der Waals surface area (Å²) in [6, 6.07) is 13.1. The van der Waals surface area contributed by atoms with Gasteiger partial charge < -0.3 is 49.6 Å². The average Bonchev–Trinajstić information content (AvgIpc) is 4.02. The predicted octanol–water partition coefficient (Wildman–Crippen LogP) is 8.27. The fourth-order valence-corrected chi connectivity index (χ4v) is 10.3. The Hall–Kier alpha value is -6.37. The number of hydrogen-bond donors (Lipinski definition) is 3. The quantitative estimate of drug-likeness (QED) is 0.0586. The number of benzene rings is 4. The van der Waals surface area contributed by atoms with Gasteiger partial charge in [0.2, 0.25) is 29.6 Å². The van der Waals surface area contributed by atoms with Crippen LogP contribution in [0.25, 0.3) is 44.1 Å². The molecule has 8 rings (SSSR count). The zero-order valence-electron chi connectivity index (χ0n) is 39.8. The van der Waals surface area contributed by atoms with Crippen molar-refractivity contribution in [3.8, 4) is 45.3 Å². The Morgan fingerprint density at radius 3 is 1.79 bits per heavy atom. The van der Waals surface area contributed by atoms with E-state index in [4.69, 9.17) is 75.3 Å². The number of amides is 3. The van der Waals surface area contributed by atoms with E-state index in [1.807, 2.05) is 36.4 Å². The molecule has 71 heavy (non-hydrogen) atoms. The summed E-state index contributed by atoms with van der Waals surface area (Å²) in [5.41, 5.74) is 3.89. The topological polar surface area (TPSA) is 186 Å². The first-order valence-electron chi connectivity index (χ1n) is 22.6. The van der Waals surface area contributed by atoms with Gasteiger partial charge >= 0.3 is 0 Å². The third-order valence-corrected chi connectivity index (χ3v) is 14.0. The number of carbonyl (C=O) groups is 3. The number of halogens is 4. The van der Waals surface area contributed by atoms with E-state index in [0.717, 1.165) is 16.3 Å². The highest BCUT2D eigenvalue weighted by molar-refractivity contribution is 6.42. The second-order valence-corrected chi connectivity index (χ2v) is 18.8. The number of ether oxygens (including phenoxy) is 4. The molecule has 2 fully saturated rings. The predicted molar refractivity (Wildman–Crippen MR) is 278 cm³/mol. The number of anilines is 2. The molecule has 4 atom stereocenters. The summed E-state index contributed by atoms with van der Waals surface area (Å²) in [5, 5.41) is 12.8. The number of aromatic nitrogens is 4. The Balaban J connectivity index is 0.854. The number of fused-ring (bicyclic) bond motifs is 2. The van der Waals surface area contributed by atoms with Crippen molar-refractivity contribution in [3.05, 3.63) is 93.7 Å². The third kappa shape index (κ3) is 10.8. The summed E-state index contributed by atoms with van der Waals surface area (Å²) < 4.78 is 22.7. The van der Waals surface area contributed by atoms with E-state index in [0.29, 0.717) is 122 Å². The molecule has 4 heterocycles. The zero-order valence-corrected chi connectivity index (χ0v) is 42.8. The maximum absolute atomic E-state index is 13.6. The van der Waals surface area contributed by atoms with Gasteiger partial charge in [-0.15, -0.1) is 0 Å². The molecule has 0 bridgehead atoms. The van der Waals surface area contributed by atoms with Crippen molar-refractivity contribution in [1.29, 1.82) is 0 Å². The van der Waals surface area contributed by atoms with E-state index in [9.17, 15) is 14.4 Å². The van der Waals surface area contributed by atoms with E-state index >= 15 is 0 Å². The van der Waals surface area contributed by atoms with Crippen LogP contribution in [0.1, 0.15) is 19.3 Å².